The molecule has 0 bridgehead atoms. The first-order valence-corrected chi connectivity index (χ1v) is 12.0. The van der Waals surface area contributed by atoms with E-state index in [9.17, 15) is 41.7 Å². The summed E-state index contributed by atoms with van der Waals surface area (Å²) in [5.41, 5.74) is -4.26. The summed E-state index contributed by atoms with van der Waals surface area (Å²) < 4.78 is 79.3. The van der Waals surface area contributed by atoms with Crippen molar-refractivity contribution in [2.45, 2.75) is 102 Å². The van der Waals surface area contributed by atoms with Gasteiger partial charge < -0.3 is 15.3 Å². The normalized spacial score (nSPS) is 42.8. The van der Waals surface area contributed by atoms with E-state index >= 15 is 0 Å². The Morgan fingerprint density at radius 1 is 0.970 bits per heavy atom. The van der Waals surface area contributed by atoms with E-state index in [2.05, 4.69) is 13.0 Å². The lowest BCUT2D eigenvalue weighted by Gasteiger charge is -2.58. The highest BCUT2D eigenvalue weighted by atomic mass is 19.4. The molecule has 4 aliphatic carbocycles. The van der Waals surface area contributed by atoms with Gasteiger partial charge in [0.1, 0.15) is 0 Å². The van der Waals surface area contributed by atoms with Crippen molar-refractivity contribution in [2.24, 2.45) is 34.5 Å². The van der Waals surface area contributed by atoms with E-state index in [0.717, 1.165) is 25.7 Å². The van der Waals surface area contributed by atoms with Crippen LogP contribution in [-0.2, 0) is 0 Å². The summed E-state index contributed by atoms with van der Waals surface area (Å²) in [6.07, 6.45) is -8.18. The van der Waals surface area contributed by atoms with Crippen molar-refractivity contribution in [1.82, 2.24) is 0 Å². The lowest BCUT2D eigenvalue weighted by Crippen LogP contribution is -2.59. The molecule has 0 aliphatic heterocycles. The topological polar surface area (TPSA) is 60.7 Å². The number of alkyl halides is 6. The van der Waals surface area contributed by atoms with Crippen LogP contribution in [0.1, 0.15) is 71.6 Å². The van der Waals surface area contributed by atoms with Crippen LogP contribution in [0.5, 0.6) is 0 Å². The molecule has 0 saturated heterocycles. The lowest BCUT2D eigenvalue weighted by molar-refractivity contribution is -0.375. The van der Waals surface area contributed by atoms with Crippen molar-refractivity contribution in [3.8, 4) is 0 Å². The minimum Gasteiger partial charge on any atom is -0.393 e. The number of fused-ring (bicyclic) bond motifs is 5. The molecule has 8 atom stereocenters. The minimum absolute atomic E-state index is 0.0347. The summed E-state index contributed by atoms with van der Waals surface area (Å²) in [5, 5.41) is 30.4. The van der Waals surface area contributed by atoms with Crippen molar-refractivity contribution in [3.05, 3.63) is 11.6 Å². The summed E-state index contributed by atoms with van der Waals surface area (Å²) in [5.74, 6) is -0.0106. The van der Waals surface area contributed by atoms with Crippen LogP contribution in [0.25, 0.3) is 0 Å². The van der Waals surface area contributed by atoms with Crippen LogP contribution >= 0.6 is 0 Å². The Bertz CT molecular complexity index is 778. The molecule has 0 unspecified atom stereocenters. The average Bonchev–Trinajstić information content (AvgIpc) is 3.04. The highest BCUT2D eigenvalue weighted by Crippen LogP contribution is 2.67. The lowest BCUT2D eigenvalue weighted by atomic mass is 9.47. The van der Waals surface area contributed by atoms with Crippen LogP contribution in [-0.4, -0.2) is 45.5 Å². The number of rotatable bonds is 3. The second-order valence-corrected chi connectivity index (χ2v) is 11.5. The van der Waals surface area contributed by atoms with Crippen molar-refractivity contribution in [1.29, 1.82) is 0 Å². The SMILES string of the molecule is C[C@]12CC[C@H]3[C@@H](CC=C4C[C@@H](O)CC[C@@]43C)[C@@H]1CC[C@@H]2[C@@H](O)CC(O)(C(F)(F)F)C(F)(F)F. The van der Waals surface area contributed by atoms with E-state index in [4.69, 9.17) is 0 Å². The Kier molecular flexibility index (Phi) is 6.02. The van der Waals surface area contributed by atoms with E-state index in [-0.39, 0.29) is 23.4 Å². The number of hydrogen-bond acceptors (Lipinski definition) is 3. The second-order valence-electron chi connectivity index (χ2n) is 11.5. The maximum Gasteiger partial charge on any atom is 0.426 e. The molecular weight excluding hydrogens is 450 g/mol. The fourth-order valence-corrected chi connectivity index (χ4v) is 8.15. The van der Waals surface area contributed by atoms with E-state index in [0.29, 0.717) is 31.6 Å². The molecule has 0 aromatic heterocycles. The van der Waals surface area contributed by atoms with Gasteiger partial charge in [-0.05, 0) is 85.9 Å². The molecule has 0 amide bonds. The standard InChI is InChI=1S/C24H34F6O3/c1-20-9-7-14(31)11-13(20)3-4-15-16-5-6-18(21(16,2)10-8-17(15)20)19(32)12-22(33,23(25,26)27)24(28,29)30/h3,14-19,31-33H,4-12H2,1-2H3/t14-,15-,16-,17-,18+,19-,20-,21-/m0/s1. The summed E-state index contributed by atoms with van der Waals surface area (Å²) in [6.45, 7) is 4.14. The molecule has 33 heavy (non-hydrogen) atoms. The van der Waals surface area contributed by atoms with Crippen LogP contribution in [0.3, 0.4) is 0 Å². The molecule has 0 aromatic rings. The fraction of sp³-hybridized carbons (Fsp3) is 0.917. The monoisotopic (exact) mass is 484 g/mol. The van der Waals surface area contributed by atoms with Gasteiger partial charge in [0.25, 0.3) is 5.60 Å². The van der Waals surface area contributed by atoms with Crippen molar-refractivity contribution in [2.75, 3.05) is 0 Å². The first-order chi connectivity index (χ1) is 15.0. The van der Waals surface area contributed by atoms with Crippen molar-refractivity contribution >= 4 is 0 Å². The zero-order valence-electron chi connectivity index (χ0n) is 19.0. The van der Waals surface area contributed by atoms with Gasteiger partial charge in [0.2, 0.25) is 0 Å². The van der Waals surface area contributed by atoms with Crippen molar-refractivity contribution in [3.63, 3.8) is 0 Å². The number of aliphatic hydroxyl groups is 3. The van der Waals surface area contributed by atoms with E-state index in [1.54, 1.807) is 0 Å². The Labute approximate surface area is 190 Å². The molecule has 9 heteroatoms. The molecular formula is C24H34F6O3. The van der Waals surface area contributed by atoms with Gasteiger partial charge in [0.05, 0.1) is 12.2 Å². The number of aliphatic hydroxyl groups excluding tert-OH is 2. The summed E-state index contributed by atoms with van der Waals surface area (Å²) in [7, 11) is 0. The van der Waals surface area contributed by atoms with Gasteiger partial charge in [0, 0.05) is 6.42 Å². The zero-order valence-corrected chi connectivity index (χ0v) is 19.0. The third kappa shape index (κ3) is 3.75. The van der Waals surface area contributed by atoms with E-state index < -0.39 is 41.8 Å². The van der Waals surface area contributed by atoms with Crippen LogP contribution in [0.2, 0.25) is 0 Å². The average molecular weight is 485 g/mol. The smallest absolute Gasteiger partial charge is 0.393 e. The molecule has 4 aliphatic rings. The molecule has 0 aromatic carbocycles. The molecule has 0 spiro atoms. The second kappa shape index (κ2) is 7.85. The predicted octanol–water partition coefficient (Wildman–Crippen LogP) is 5.53. The highest BCUT2D eigenvalue weighted by Gasteiger charge is 2.71. The quantitative estimate of drug-likeness (QED) is 0.365. The van der Waals surface area contributed by atoms with Gasteiger partial charge in [-0.1, -0.05) is 25.5 Å². The van der Waals surface area contributed by atoms with Gasteiger partial charge in [-0.25, -0.2) is 0 Å². The van der Waals surface area contributed by atoms with Crippen molar-refractivity contribution < 1.29 is 41.7 Å². The van der Waals surface area contributed by atoms with Crippen LogP contribution in [0, 0.1) is 34.5 Å². The summed E-state index contributed by atoms with van der Waals surface area (Å²) >= 11 is 0. The molecule has 0 heterocycles. The van der Waals surface area contributed by atoms with Gasteiger partial charge in [-0.3, -0.25) is 0 Å². The Morgan fingerprint density at radius 3 is 2.21 bits per heavy atom. The Balaban J connectivity index is 1.57. The first-order valence-electron chi connectivity index (χ1n) is 12.0. The summed E-state index contributed by atoms with van der Waals surface area (Å²) in [4.78, 5) is 0. The third-order valence-corrected chi connectivity index (χ3v) is 10.1. The number of allylic oxidation sites excluding steroid dienone is 1. The third-order valence-electron chi connectivity index (χ3n) is 10.1. The molecule has 4 rings (SSSR count). The van der Waals surface area contributed by atoms with Gasteiger partial charge >= 0.3 is 12.4 Å². The predicted molar refractivity (Wildman–Crippen MR) is 109 cm³/mol. The molecule has 190 valence electrons. The van der Waals surface area contributed by atoms with E-state index in [1.165, 1.54) is 5.57 Å². The van der Waals surface area contributed by atoms with Gasteiger partial charge in [-0.15, -0.1) is 0 Å². The Morgan fingerprint density at radius 2 is 1.61 bits per heavy atom. The number of halogens is 6. The fourth-order valence-electron chi connectivity index (χ4n) is 8.15. The largest absolute Gasteiger partial charge is 0.426 e. The van der Waals surface area contributed by atoms with Crippen LogP contribution < -0.4 is 0 Å². The number of hydrogen-bond donors (Lipinski definition) is 3. The van der Waals surface area contributed by atoms with Crippen LogP contribution in [0.4, 0.5) is 26.3 Å². The first kappa shape index (κ1) is 25.3. The van der Waals surface area contributed by atoms with Gasteiger partial charge in [0.15, 0.2) is 0 Å². The molecule has 0 radical (unpaired) electrons. The maximum absolute atomic E-state index is 13.2. The molecule has 3 nitrogen and oxygen atoms in total. The molecule has 3 N–H and O–H groups in total. The minimum atomic E-state index is -5.92. The molecule has 3 fully saturated rings. The van der Waals surface area contributed by atoms with Crippen LogP contribution in [0.15, 0.2) is 11.6 Å². The van der Waals surface area contributed by atoms with Gasteiger partial charge in [-0.2, -0.15) is 26.3 Å². The molecule has 3 saturated carbocycles. The maximum atomic E-state index is 13.2. The highest BCUT2D eigenvalue weighted by molar-refractivity contribution is 5.25. The Hall–Kier alpha value is -0.800. The zero-order chi connectivity index (χ0) is 24.6. The van der Waals surface area contributed by atoms with E-state index in [1.807, 2.05) is 6.92 Å². The summed E-state index contributed by atoms with van der Waals surface area (Å²) in [6, 6.07) is 0.